The van der Waals surface area contributed by atoms with E-state index in [0.29, 0.717) is 17.7 Å². The van der Waals surface area contributed by atoms with Crippen LogP contribution in [-0.2, 0) is 6.54 Å². The zero-order valence-corrected chi connectivity index (χ0v) is 11.1. The van der Waals surface area contributed by atoms with Gasteiger partial charge in [-0.1, -0.05) is 11.6 Å². The molecule has 0 aliphatic carbocycles. The van der Waals surface area contributed by atoms with Crippen LogP contribution in [-0.4, -0.2) is 4.92 Å². The van der Waals surface area contributed by atoms with Crippen LogP contribution in [0.1, 0.15) is 5.56 Å². The van der Waals surface area contributed by atoms with E-state index in [1.165, 1.54) is 6.07 Å². The van der Waals surface area contributed by atoms with Crippen LogP contribution in [0.2, 0.25) is 5.02 Å². The molecular weight excluding hydrogens is 309 g/mol. The first-order chi connectivity index (χ1) is 9.86. The molecule has 0 aliphatic heterocycles. The molecule has 4 nitrogen and oxygen atoms in total. The van der Waals surface area contributed by atoms with Crippen molar-refractivity contribution in [1.82, 2.24) is 0 Å². The minimum Gasteiger partial charge on any atom is -0.373 e. The number of halogens is 4. The third-order valence-corrected chi connectivity index (χ3v) is 2.84. The van der Waals surface area contributed by atoms with Gasteiger partial charge in [0.05, 0.1) is 11.0 Å². The Morgan fingerprint density at radius 3 is 2.38 bits per heavy atom. The number of hydrogen-bond donors (Lipinski definition) is 1. The molecule has 2 aromatic carbocycles. The topological polar surface area (TPSA) is 55.2 Å². The SMILES string of the molecule is O=[N+]([O-])c1cc(F)cc(F)c1NCc1cc(F)cc(Cl)c1. The second-order valence-corrected chi connectivity index (χ2v) is 4.61. The van der Waals surface area contributed by atoms with E-state index < -0.39 is 33.7 Å². The van der Waals surface area contributed by atoms with Crippen molar-refractivity contribution in [2.24, 2.45) is 0 Å². The summed E-state index contributed by atoms with van der Waals surface area (Å²) in [6.45, 7) is -0.110. The smallest absolute Gasteiger partial charge is 0.298 e. The Morgan fingerprint density at radius 2 is 1.76 bits per heavy atom. The van der Waals surface area contributed by atoms with Crippen LogP contribution in [0.4, 0.5) is 24.5 Å². The Hall–Kier alpha value is -2.28. The van der Waals surface area contributed by atoms with E-state index in [9.17, 15) is 23.3 Å². The molecule has 0 atom stereocenters. The summed E-state index contributed by atoms with van der Waals surface area (Å²) in [5, 5.41) is 13.4. The molecule has 0 radical (unpaired) electrons. The molecule has 0 spiro atoms. The van der Waals surface area contributed by atoms with Gasteiger partial charge >= 0.3 is 0 Å². The van der Waals surface area contributed by atoms with E-state index >= 15 is 0 Å². The van der Waals surface area contributed by atoms with Crippen molar-refractivity contribution in [3.8, 4) is 0 Å². The van der Waals surface area contributed by atoms with Crippen LogP contribution < -0.4 is 5.32 Å². The largest absolute Gasteiger partial charge is 0.373 e. The number of hydrogen-bond acceptors (Lipinski definition) is 3. The Morgan fingerprint density at radius 1 is 1.10 bits per heavy atom. The average Bonchev–Trinajstić information content (AvgIpc) is 2.35. The van der Waals surface area contributed by atoms with Gasteiger partial charge in [-0.25, -0.2) is 13.2 Å². The minimum absolute atomic E-state index is 0.110. The molecule has 0 fully saturated rings. The van der Waals surface area contributed by atoms with Crippen LogP contribution in [0, 0.1) is 27.6 Å². The summed E-state index contributed by atoms with van der Waals surface area (Å²) in [4.78, 5) is 9.89. The van der Waals surface area contributed by atoms with Gasteiger partial charge in [-0.2, -0.15) is 0 Å². The molecular formula is C13H8ClF3N2O2. The summed E-state index contributed by atoms with van der Waals surface area (Å²) < 4.78 is 39.8. The lowest BCUT2D eigenvalue weighted by Crippen LogP contribution is -2.06. The maximum atomic E-state index is 13.6. The zero-order valence-electron chi connectivity index (χ0n) is 10.4. The van der Waals surface area contributed by atoms with Crippen LogP contribution in [0.5, 0.6) is 0 Å². The first-order valence-electron chi connectivity index (χ1n) is 5.69. The molecule has 110 valence electrons. The number of rotatable bonds is 4. The van der Waals surface area contributed by atoms with E-state index in [4.69, 9.17) is 11.6 Å². The van der Waals surface area contributed by atoms with Crippen molar-refractivity contribution in [1.29, 1.82) is 0 Å². The fraction of sp³-hybridized carbons (Fsp3) is 0.0769. The van der Waals surface area contributed by atoms with E-state index in [0.717, 1.165) is 12.1 Å². The van der Waals surface area contributed by atoms with Crippen LogP contribution in [0.15, 0.2) is 30.3 Å². The molecule has 1 N–H and O–H groups in total. The van der Waals surface area contributed by atoms with E-state index in [2.05, 4.69) is 5.32 Å². The Bertz CT molecular complexity index is 690. The molecule has 0 heterocycles. The van der Waals surface area contributed by atoms with Crippen molar-refractivity contribution in [2.75, 3.05) is 5.32 Å². The normalized spacial score (nSPS) is 10.5. The molecule has 2 rings (SSSR count). The summed E-state index contributed by atoms with van der Waals surface area (Å²) in [7, 11) is 0. The van der Waals surface area contributed by atoms with Crippen molar-refractivity contribution in [2.45, 2.75) is 6.54 Å². The average molecular weight is 317 g/mol. The molecule has 0 saturated carbocycles. The fourth-order valence-corrected chi connectivity index (χ4v) is 2.03. The first-order valence-corrected chi connectivity index (χ1v) is 6.07. The summed E-state index contributed by atoms with van der Waals surface area (Å²) >= 11 is 5.67. The molecule has 2 aromatic rings. The third kappa shape index (κ3) is 3.63. The molecule has 0 bridgehead atoms. The lowest BCUT2D eigenvalue weighted by Gasteiger charge is -2.09. The minimum atomic E-state index is -1.11. The maximum absolute atomic E-state index is 13.6. The van der Waals surface area contributed by atoms with Gasteiger partial charge in [-0.05, 0) is 23.8 Å². The van der Waals surface area contributed by atoms with Crippen LogP contribution in [0.25, 0.3) is 0 Å². The van der Waals surface area contributed by atoms with Crippen molar-refractivity contribution in [3.05, 3.63) is 68.5 Å². The number of anilines is 1. The summed E-state index contributed by atoms with van der Waals surface area (Å²) in [6, 6.07) is 4.78. The van der Waals surface area contributed by atoms with Gasteiger partial charge in [0, 0.05) is 17.6 Å². The van der Waals surface area contributed by atoms with Crippen molar-refractivity contribution < 1.29 is 18.1 Å². The Balaban J connectivity index is 2.29. The second kappa shape index (κ2) is 6.01. The highest BCUT2D eigenvalue weighted by Crippen LogP contribution is 2.29. The highest BCUT2D eigenvalue weighted by molar-refractivity contribution is 6.30. The summed E-state index contributed by atoms with van der Waals surface area (Å²) in [5.74, 6) is -2.75. The summed E-state index contributed by atoms with van der Waals surface area (Å²) in [6.07, 6.45) is 0. The molecule has 0 unspecified atom stereocenters. The molecule has 0 aliphatic rings. The predicted molar refractivity (Wildman–Crippen MR) is 71.7 cm³/mol. The quantitative estimate of drug-likeness (QED) is 0.676. The fourth-order valence-electron chi connectivity index (χ4n) is 1.78. The Kier molecular flexibility index (Phi) is 4.32. The van der Waals surface area contributed by atoms with Gasteiger partial charge in [-0.3, -0.25) is 10.1 Å². The third-order valence-electron chi connectivity index (χ3n) is 2.62. The number of nitro benzene ring substituents is 1. The number of nitrogens with one attached hydrogen (secondary N) is 1. The zero-order chi connectivity index (χ0) is 15.6. The monoisotopic (exact) mass is 316 g/mol. The Labute approximate surface area is 122 Å². The molecule has 0 aromatic heterocycles. The van der Waals surface area contributed by atoms with Crippen LogP contribution in [0.3, 0.4) is 0 Å². The standard InChI is InChI=1S/C13H8ClF3N2O2/c14-8-1-7(2-9(15)3-8)6-18-13-11(17)4-10(16)5-12(13)19(20)21/h1-5,18H,6H2. The van der Waals surface area contributed by atoms with E-state index in [1.807, 2.05) is 0 Å². The lowest BCUT2D eigenvalue weighted by atomic mass is 10.2. The van der Waals surface area contributed by atoms with Gasteiger partial charge in [0.2, 0.25) is 0 Å². The maximum Gasteiger partial charge on any atom is 0.298 e. The first kappa shape index (κ1) is 15.1. The predicted octanol–water partition coefficient (Wildman–Crippen LogP) is 4.28. The highest BCUT2D eigenvalue weighted by atomic mass is 35.5. The molecule has 0 amide bonds. The highest BCUT2D eigenvalue weighted by Gasteiger charge is 2.20. The van der Waals surface area contributed by atoms with Crippen molar-refractivity contribution >= 4 is 23.0 Å². The van der Waals surface area contributed by atoms with E-state index in [-0.39, 0.29) is 11.6 Å². The number of benzene rings is 2. The number of nitro groups is 1. The van der Waals surface area contributed by atoms with Gasteiger partial charge in [-0.15, -0.1) is 0 Å². The van der Waals surface area contributed by atoms with Gasteiger partial charge < -0.3 is 5.32 Å². The molecule has 0 saturated heterocycles. The lowest BCUT2D eigenvalue weighted by molar-refractivity contribution is -0.384. The van der Waals surface area contributed by atoms with Gasteiger partial charge in [0.15, 0.2) is 5.82 Å². The van der Waals surface area contributed by atoms with Crippen LogP contribution >= 0.6 is 11.6 Å². The molecule has 8 heteroatoms. The number of nitrogens with zero attached hydrogens (tertiary/aromatic N) is 1. The second-order valence-electron chi connectivity index (χ2n) is 4.17. The molecule has 21 heavy (non-hydrogen) atoms. The van der Waals surface area contributed by atoms with Gasteiger partial charge in [0.25, 0.3) is 5.69 Å². The van der Waals surface area contributed by atoms with Gasteiger partial charge in [0.1, 0.15) is 17.3 Å². The summed E-state index contributed by atoms with van der Waals surface area (Å²) in [5.41, 5.74) is -0.852. The van der Waals surface area contributed by atoms with E-state index in [1.54, 1.807) is 0 Å². The van der Waals surface area contributed by atoms with Crippen molar-refractivity contribution in [3.63, 3.8) is 0 Å².